The van der Waals surface area contributed by atoms with E-state index < -0.39 is 0 Å². The van der Waals surface area contributed by atoms with Gasteiger partial charge in [-0.25, -0.2) is 4.79 Å². The molecule has 1 heterocycles. The first-order valence-electron chi connectivity index (χ1n) is 6.34. The van der Waals surface area contributed by atoms with Crippen molar-refractivity contribution in [1.29, 1.82) is 0 Å². The standard InChI is InChI=1S/C14H22O2/c1-3-4-5-6-7-8-9-10-13-11-12(2)16-14(13)15/h10-11H,3-9H2,1-2H3. The summed E-state index contributed by atoms with van der Waals surface area (Å²) in [5, 5.41) is 0. The van der Waals surface area contributed by atoms with Crippen molar-refractivity contribution in [3.05, 3.63) is 23.5 Å². The first kappa shape index (κ1) is 13.0. The van der Waals surface area contributed by atoms with Crippen molar-refractivity contribution in [2.24, 2.45) is 0 Å². The zero-order valence-corrected chi connectivity index (χ0v) is 10.4. The van der Waals surface area contributed by atoms with Crippen LogP contribution in [0.4, 0.5) is 0 Å². The third-order valence-electron chi connectivity index (χ3n) is 2.77. The zero-order valence-electron chi connectivity index (χ0n) is 10.4. The molecule has 0 saturated carbocycles. The van der Waals surface area contributed by atoms with E-state index in [1.165, 1.54) is 38.5 Å². The van der Waals surface area contributed by atoms with Crippen LogP contribution in [0, 0.1) is 0 Å². The van der Waals surface area contributed by atoms with Crippen LogP contribution in [0.15, 0.2) is 23.5 Å². The maximum Gasteiger partial charge on any atom is 0.342 e. The highest BCUT2D eigenvalue weighted by molar-refractivity contribution is 5.94. The van der Waals surface area contributed by atoms with Crippen LogP contribution < -0.4 is 0 Å². The van der Waals surface area contributed by atoms with E-state index in [9.17, 15) is 4.79 Å². The molecule has 1 rings (SSSR count). The molecule has 0 bridgehead atoms. The zero-order chi connectivity index (χ0) is 11.8. The molecule has 90 valence electrons. The molecule has 1 aliphatic rings. The van der Waals surface area contributed by atoms with Gasteiger partial charge < -0.3 is 4.74 Å². The molecule has 0 radical (unpaired) electrons. The summed E-state index contributed by atoms with van der Waals surface area (Å²) >= 11 is 0. The van der Waals surface area contributed by atoms with Gasteiger partial charge in [-0.15, -0.1) is 0 Å². The lowest BCUT2D eigenvalue weighted by atomic mass is 10.1. The number of unbranched alkanes of at least 4 members (excludes halogenated alkanes) is 6. The van der Waals surface area contributed by atoms with Crippen LogP contribution >= 0.6 is 0 Å². The van der Waals surface area contributed by atoms with Gasteiger partial charge in [-0.2, -0.15) is 0 Å². The van der Waals surface area contributed by atoms with Crippen molar-refractivity contribution in [2.75, 3.05) is 0 Å². The number of hydrogen-bond acceptors (Lipinski definition) is 2. The second-order valence-electron chi connectivity index (χ2n) is 4.36. The fraction of sp³-hybridized carbons (Fsp3) is 0.643. The monoisotopic (exact) mass is 222 g/mol. The quantitative estimate of drug-likeness (QED) is 0.368. The summed E-state index contributed by atoms with van der Waals surface area (Å²) in [6.45, 7) is 4.04. The second-order valence-corrected chi connectivity index (χ2v) is 4.36. The molecule has 0 fully saturated rings. The van der Waals surface area contributed by atoms with Gasteiger partial charge in [0.2, 0.25) is 0 Å². The molecular weight excluding hydrogens is 200 g/mol. The number of carbonyl (C=O) groups is 1. The summed E-state index contributed by atoms with van der Waals surface area (Å²) in [7, 11) is 0. The van der Waals surface area contributed by atoms with E-state index in [1.807, 2.05) is 19.1 Å². The Kier molecular flexibility index (Phi) is 5.91. The van der Waals surface area contributed by atoms with Crippen molar-refractivity contribution in [1.82, 2.24) is 0 Å². The lowest BCUT2D eigenvalue weighted by Crippen LogP contribution is -1.96. The molecule has 0 aromatic carbocycles. The number of carbonyl (C=O) groups excluding carboxylic acids is 1. The molecule has 2 heteroatoms. The molecule has 0 N–H and O–H groups in total. The minimum absolute atomic E-state index is 0.191. The van der Waals surface area contributed by atoms with Crippen LogP contribution in [0.25, 0.3) is 0 Å². The van der Waals surface area contributed by atoms with E-state index in [2.05, 4.69) is 6.92 Å². The Bertz CT molecular complexity index is 287. The molecule has 0 saturated heterocycles. The highest BCUT2D eigenvalue weighted by atomic mass is 16.5. The topological polar surface area (TPSA) is 26.3 Å². The highest BCUT2D eigenvalue weighted by Crippen LogP contribution is 2.17. The number of allylic oxidation sites excluding steroid dienone is 2. The fourth-order valence-electron chi connectivity index (χ4n) is 1.84. The summed E-state index contributed by atoms with van der Waals surface area (Å²) in [6.07, 6.45) is 12.5. The van der Waals surface area contributed by atoms with Gasteiger partial charge in [0.25, 0.3) is 0 Å². The van der Waals surface area contributed by atoms with Gasteiger partial charge in [0.05, 0.1) is 5.57 Å². The molecule has 1 aliphatic heterocycles. The Morgan fingerprint density at radius 3 is 2.50 bits per heavy atom. The third-order valence-corrected chi connectivity index (χ3v) is 2.77. The summed E-state index contributed by atoms with van der Waals surface area (Å²) in [6, 6.07) is 0. The largest absolute Gasteiger partial charge is 0.428 e. The van der Waals surface area contributed by atoms with E-state index in [0.717, 1.165) is 12.0 Å². The predicted molar refractivity (Wildman–Crippen MR) is 65.9 cm³/mol. The smallest absolute Gasteiger partial charge is 0.342 e. The first-order valence-corrected chi connectivity index (χ1v) is 6.34. The molecule has 0 spiro atoms. The number of ether oxygens (including phenoxy) is 1. The number of hydrogen-bond donors (Lipinski definition) is 0. The van der Waals surface area contributed by atoms with Crippen LogP contribution in [-0.2, 0) is 9.53 Å². The number of cyclic esters (lactones) is 1. The van der Waals surface area contributed by atoms with E-state index in [-0.39, 0.29) is 5.97 Å². The van der Waals surface area contributed by atoms with Crippen molar-refractivity contribution < 1.29 is 9.53 Å². The van der Waals surface area contributed by atoms with Crippen molar-refractivity contribution in [3.8, 4) is 0 Å². The maximum atomic E-state index is 11.2. The molecule has 0 aromatic heterocycles. The van der Waals surface area contributed by atoms with Gasteiger partial charge >= 0.3 is 5.97 Å². The molecular formula is C14H22O2. The molecule has 0 amide bonds. The minimum Gasteiger partial charge on any atom is -0.428 e. The van der Waals surface area contributed by atoms with Gasteiger partial charge in [0.15, 0.2) is 0 Å². The molecule has 0 unspecified atom stereocenters. The van der Waals surface area contributed by atoms with E-state index >= 15 is 0 Å². The van der Waals surface area contributed by atoms with E-state index in [4.69, 9.17) is 4.74 Å². The average Bonchev–Trinajstić information content (AvgIpc) is 2.56. The molecule has 0 aliphatic carbocycles. The average molecular weight is 222 g/mol. The summed E-state index contributed by atoms with van der Waals surface area (Å²) in [4.78, 5) is 11.2. The van der Waals surface area contributed by atoms with Crippen molar-refractivity contribution in [2.45, 2.75) is 58.8 Å². The van der Waals surface area contributed by atoms with Crippen LogP contribution in [0.5, 0.6) is 0 Å². The Morgan fingerprint density at radius 2 is 1.88 bits per heavy atom. The van der Waals surface area contributed by atoms with Gasteiger partial charge in [-0.1, -0.05) is 45.1 Å². The normalized spacial score (nSPS) is 17.8. The van der Waals surface area contributed by atoms with E-state index in [0.29, 0.717) is 5.76 Å². The van der Waals surface area contributed by atoms with Gasteiger partial charge in [0.1, 0.15) is 5.76 Å². The van der Waals surface area contributed by atoms with Crippen LogP contribution in [0.1, 0.15) is 58.8 Å². The minimum atomic E-state index is -0.191. The van der Waals surface area contributed by atoms with Gasteiger partial charge in [-0.05, 0) is 25.8 Å². The molecule has 2 nitrogen and oxygen atoms in total. The fourth-order valence-corrected chi connectivity index (χ4v) is 1.84. The Morgan fingerprint density at radius 1 is 1.19 bits per heavy atom. The van der Waals surface area contributed by atoms with Crippen LogP contribution in [0.3, 0.4) is 0 Å². The Labute approximate surface area is 98.4 Å². The number of rotatable bonds is 7. The van der Waals surface area contributed by atoms with Gasteiger partial charge in [0, 0.05) is 0 Å². The molecule has 0 aromatic rings. The highest BCUT2D eigenvalue weighted by Gasteiger charge is 2.16. The SMILES string of the molecule is CCCCCCCCC=C1C=C(C)OC1=O. The summed E-state index contributed by atoms with van der Waals surface area (Å²) in [5.74, 6) is 0.516. The Balaban J connectivity index is 2.10. The first-order chi connectivity index (χ1) is 7.74. The van der Waals surface area contributed by atoms with Crippen molar-refractivity contribution in [3.63, 3.8) is 0 Å². The van der Waals surface area contributed by atoms with Crippen LogP contribution in [0.2, 0.25) is 0 Å². The second kappa shape index (κ2) is 7.26. The maximum absolute atomic E-state index is 11.2. The molecule has 0 atom stereocenters. The third kappa shape index (κ3) is 4.65. The predicted octanol–water partition coefficient (Wildman–Crippen LogP) is 4.12. The molecule has 16 heavy (non-hydrogen) atoms. The van der Waals surface area contributed by atoms with Crippen molar-refractivity contribution >= 4 is 5.97 Å². The number of esters is 1. The lowest BCUT2D eigenvalue weighted by molar-refractivity contribution is -0.133. The lowest BCUT2D eigenvalue weighted by Gasteiger charge is -1.98. The summed E-state index contributed by atoms with van der Waals surface area (Å²) in [5.41, 5.74) is 0.728. The van der Waals surface area contributed by atoms with Crippen LogP contribution in [-0.4, -0.2) is 5.97 Å². The van der Waals surface area contributed by atoms with Gasteiger partial charge in [-0.3, -0.25) is 0 Å². The Hall–Kier alpha value is -1.05. The van der Waals surface area contributed by atoms with E-state index in [1.54, 1.807) is 0 Å². The summed E-state index contributed by atoms with van der Waals surface area (Å²) < 4.78 is 4.94.